The molecule has 3 N–H and O–H groups in total. The molecule has 0 fully saturated rings. The molecular weight excluding hydrogens is 272 g/mol. The highest BCUT2D eigenvalue weighted by molar-refractivity contribution is 5.93. The van der Waals surface area contributed by atoms with E-state index in [0.29, 0.717) is 12.2 Å². The topological polar surface area (TPSA) is 89.9 Å². The zero-order chi connectivity index (χ0) is 15.8. The Morgan fingerprint density at radius 2 is 1.95 bits per heavy atom. The minimum absolute atomic E-state index is 0.140. The molecule has 0 aliphatic rings. The first-order valence-corrected chi connectivity index (χ1v) is 6.92. The highest BCUT2D eigenvalue weighted by Gasteiger charge is 2.12. The Kier molecular flexibility index (Phi) is 6.68. The molecule has 0 aliphatic carbocycles. The number of carbonyl (C=O) groups excluding carboxylic acids is 1. The van der Waals surface area contributed by atoms with E-state index < -0.39 is 5.97 Å². The van der Waals surface area contributed by atoms with Crippen molar-refractivity contribution in [2.45, 2.75) is 26.2 Å². The van der Waals surface area contributed by atoms with Gasteiger partial charge in [0.1, 0.15) is 0 Å². The van der Waals surface area contributed by atoms with Crippen molar-refractivity contribution >= 4 is 17.7 Å². The Hall–Kier alpha value is -2.08. The molecule has 21 heavy (non-hydrogen) atoms. The van der Waals surface area contributed by atoms with Crippen LogP contribution in [0.4, 0.5) is 10.5 Å². The van der Waals surface area contributed by atoms with Crippen molar-refractivity contribution in [1.29, 1.82) is 0 Å². The Bertz CT molecular complexity index is 502. The van der Waals surface area contributed by atoms with E-state index in [1.807, 2.05) is 6.92 Å². The predicted octanol–water partition coefficient (Wildman–Crippen LogP) is 2.32. The van der Waals surface area contributed by atoms with E-state index in [4.69, 9.17) is 10.2 Å². The van der Waals surface area contributed by atoms with E-state index >= 15 is 0 Å². The number of hydrogen-bond acceptors (Lipinski definition) is 3. The number of benzene rings is 1. The monoisotopic (exact) mass is 294 g/mol. The van der Waals surface area contributed by atoms with Crippen molar-refractivity contribution in [1.82, 2.24) is 4.90 Å². The summed E-state index contributed by atoms with van der Waals surface area (Å²) in [7, 11) is 1.69. The zero-order valence-corrected chi connectivity index (χ0v) is 12.4. The number of amides is 2. The van der Waals surface area contributed by atoms with E-state index in [9.17, 15) is 9.59 Å². The number of aliphatic hydroxyl groups is 1. The molecule has 2 amide bonds. The summed E-state index contributed by atoms with van der Waals surface area (Å²) in [6.07, 6.45) is 2.41. The predicted molar refractivity (Wildman–Crippen MR) is 80.7 cm³/mol. The Morgan fingerprint density at radius 3 is 2.57 bits per heavy atom. The van der Waals surface area contributed by atoms with Crippen molar-refractivity contribution in [3.8, 4) is 0 Å². The minimum atomic E-state index is -1.03. The van der Waals surface area contributed by atoms with Crippen LogP contribution in [0.2, 0.25) is 0 Å². The van der Waals surface area contributed by atoms with Crippen LogP contribution in [-0.2, 0) is 0 Å². The number of aliphatic hydroxyl groups excluding tert-OH is 1. The average molecular weight is 294 g/mol. The van der Waals surface area contributed by atoms with Gasteiger partial charge in [0.25, 0.3) is 0 Å². The van der Waals surface area contributed by atoms with Crippen LogP contribution in [0.5, 0.6) is 0 Å². The molecule has 0 heterocycles. The second-order valence-corrected chi connectivity index (χ2v) is 4.97. The number of carboxylic acid groups (broad SMARTS) is 1. The van der Waals surface area contributed by atoms with Crippen LogP contribution in [0, 0.1) is 6.92 Å². The molecule has 0 aliphatic heterocycles. The number of nitrogens with zero attached hydrogens (tertiary/aromatic N) is 1. The first-order valence-electron chi connectivity index (χ1n) is 6.92. The third kappa shape index (κ3) is 5.43. The van der Waals surface area contributed by atoms with E-state index in [1.165, 1.54) is 12.1 Å². The van der Waals surface area contributed by atoms with Crippen LogP contribution < -0.4 is 5.32 Å². The van der Waals surface area contributed by atoms with Gasteiger partial charge in [-0.2, -0.15) is 0 Å². The van der Waals surface area contributed by atoms with Gasteiger partial charge in [0.05, 0.1) is 5.56 Å². The maximum absolute atomic E-state index is 12.0. The number of aryl methyl sites for hydroxylation is 1. The molecule has 0 aromatic heterocycles. The van der Waals surface area contributed by atoms with E-state index in [0.717, 1.165) is 24.8 Å². The van der Waals surface area contributed by atoms with Gasteiger partial charge in [-0.05, 0) is 43.9 Å². The van der Waals surface area contributed by atoms with Gasteiger partial charge in [0.15, 0.2) is 0 Å². The van der Waals surface area contributed by atoms with Gasteiger partial charge < -0.3 is 20.4 Å². The summed E-state index contributed by atoms with van der Waals surface area (Å²) in [6, 6.07) is 4.35. The summed E-state index contributed by atoms with van der Waals surface area (Å²) in [5, 5.41) is 20.4. The molecule has 116 valence electrons. The van der Waals surface area contributed by atoms with Crippen LogP contribution >= 0.6 is 0 Å². The molecule has 1 aromatic rings. The fraction of sp³-hybridized carbons (Fsp3) is 0.467. The van der Waals surface area contributed by atoms with Gasteiger partial charge >= 0.3 is 12.0 Å². The van der Waals surface area contributed by atoms with Crippen LogP contribution in [0.25, 0.3) is 0 Å². The largest absolute Gasteiger partial charge is 0.478 e. The zero-order valence-electron chi connectivity index (χ0n) is 12.4. The molecule has 0 radical (unpaired) electrons. The van der Waals surface area contributed by atoms with Crippen LogP contribution in [0.1, 0.15) is 35.2 Å². The number of aromatic carboxylic acids is 1. The number of carbonyl (C=O) groups is 2. The number of nitrogens with one attached hydrogen (secondary N) is 1. The fourth-order valence-electron chi connectivity index (χ4n) is 1.84. The van der Waals surface area contributed by atoms with Gasteiger partial charge in [0.2, 0.25) is 0 Å². The summed E-state index contributed by atoms with van der Waals surface area (Å²) >= 11 is 0. The second kappa shape index (κ2) is 8.26. The number of hydrogen-bond donors (Lipinski definition) is 3. The molecule has 0 spiro atoms. The molecule has 6 nitrogen and oxygen atoms in total. The number of carboxylic acids is 1. The molecule has 0 atom stereocenters. The van der Waals surface area contributed by atoms with Crippen molar-refractivity contribution < 1.29 is 19.8 Å². The molecule has 0 bridgehead atoms. The highest BCUT2D eigenvalue weighted by Crippen LogP contribution is 2.17. The lowest BCUT2D eigenvalue weighted by atomic mass is 10.1. The third-order valence-electron chi connectivity index (χ3n) is 3.22. The van der Waals surface area contributed by atoms with Gasteiger partial charge in [-0.1, -0.05) is 6.07 Å². The maximum Gasteiger partial charge on any atom is 0.335 e. The summed E-state index contributed by atoms with van der Waals surface area (Å²) < 4.78 is 0. The maximum atomic E-state index is 12.0. The lowest BCUT2D eigenvalue weighted by Crippen LogP contribution is -2.32. The van der Waals surface area contributed by atoms with E-state index in [1.54, 1.807) is 18.0 Å². The summed E-state index contributed by atoms with van der Waals surface area (Å²) in [6.45, 7) is 2.56. The number of rotatable bonds is 7. The highest BCUT2D eigenvalue weighted by atomic mass is 16.4. The molecule has 0 saturated carbocycles. The summed E-state index contributed by atoms with van der Waals surface area (Å²) in [5.74, 6) is -1.03. The SMILES string of the molecule is Cc1ccc(C(=O)O)cc1NC(=O)N(C)CCCCCO. The van der Waals surface area contributed by atoms with Crippen molar-refractivity contribution in [3.63, 3.8) is 0 Å². The number of urea groups is 1. The van der Waals surface area contributed by atoms with Crippen molar-refractivity contribution in [2.75, 3.05) is 25.5 Å². The summed E-state index contributed by atoms with van der Waals surface area (Å²) in [4.78, 5) is 24.5. The van der Waals surface area contributed by atoms with Gasteiger partial charge in [-0.15, -0.1) is 0 Å². The van der Waals surface area contributed by atoms with Crippen LogP contribution in [-0.4, -0.2) is 47.3 Å². The minimum Gasteiger partial charge on any atom is -0.478 e. The number of anilines is 1. The fourth-order valence-corrected chi connectivity index (χ4v) is 1.84. The van der Waals surface area contributed by atoms with Crippen molar-refractivity contribution in [3.05, 3.63) is 29.3 Å². The van der Waals surface area contributed by atoms with Crippen LogP contribution in [0.3, 0.4) is 0 Å². The molecule has 1 aromatic carbocycles. The third-order valence-corrected chi connectivity index (χ3v) is 3.22. The molecule has 6 heteroatoms. The first-order chi connectivity index (χ1) is 9.95. The van der Waals surface area contributed by atoms with Gasteiger partial charge in [0, 0.05) is 25.9 Å². The average Bonchev–Trinajstić information content (AvgIpc) is 2.45. The second-order valence-electron chi connectivity index (χ2n) is 4.97. The lowest BCUT2D eigenvalue weighted by molar-refractivity contribution is 0.0697. The smallest absolute Gasteiger partial charge is 0.335 e. The molecule has 1 rings (SSSR count). The van der Waals surface area contributed by atoms with Crippen molar-refractivity contribution in [2.24, 2.45) is 0 Å². The Balaban J connectivity index is 2.61. The molecule has 0 unspecified atom stereocenters. The van der Waals surface area contributed by atoms with Gasteiger partial charge in [-0.25, -0.2) is 9.59 Å². The summed E-state index contributed by atoms with van der Waals surface area (Å²) in [5.41, 5.74) is 1.45. The molecule has 0 saturated heterocycles. The quantitative estimate of drug-likeness (QED) is 0.673. The normalized spacial score (nSPS) is 10.2. The Labute approximate surface area is 124 Å². The van der Waals surface area contributed by atoms with Crippen LogP contribution in [0.15, 0.2) is 18.2 Å². The van der Waals surface area contributed by atoms with E-state index in [-0.39, 0.29) is 18.2 Å². The standard InChI is InChI=1S/C15H22N2O4/c1-11-6-7-12(14(19)20)10-13(11)16-15(21)17(2)8-4-3-5-9-18/h6-7,10,18H,3-5,8-9H2,1-2H3,(H,16,21)(H,19,20). The number of unbranched alkanes of at least 4 members (excludes halogenated alkanes) is 2. The van der Waals surface area contributed by atoms with E-state index in [2.05, 4.69) is 5.32 Å². The molecular formula is C15H22N2O4. The first kappa shape index (κ1) is 17.0. The lowest BCUT2D eigenvalue weighted by Gasteiger charge is -2.19. The Morgan fingerprint density at radius 1 is 1.24 bits per heavy atom. The van der Waals surface area contributed by atoms with Gasteiger partial charge in [-0.3, -0.25) is 0 Å².